The molecule has 13 heteroatoms. The van der Waals surface area contributed by atoms with Crippen molar-refractivity contribution in [2.75, 3.05) is 19.1 Å². The maximum absolute atomic E-state index is 13.3. The lowest BCUT2D eigenvalue weighted by Gasteiger charge is -2.31. The zero-order valence-corrected chi connectivity index (χ0v) is 18.1. The normalized spacial score (nSPS) is 12.8. The van der Waals surface area contributed by atoms with Crippen molar-refractivity contribution in [3.8, 4) is 0 Å². The van der Waals surface area contributed by atoms with E-state index in [1.807, 2.05) is 0 Å². The van der Waals surface area contributed by atoms with Gasteiger partial charge in [0.2, 0.25) is 0 Å². The van der Waals surface area contributed by atoms with Crippen molar-refractivity contribution in [2.24, 2.45) is 0 Å². The van der Waals surface area contributed by atoms with Crippen molar-refractivity contribution in [2.45, 2.75) is 88.4 Å². The van der Waals surface area contributed by atoms with Gasteiger partial charge >= 0.3 is 36.1 Å². The summed E-state index contributed by atoms with van der Waals surface area (Å²) in [5.41, 5.74) is 0. The van der Waals surface area contributed by atoms with Crippen LogP contribution in [-0.4, -0.2) is 55.2 Å². The van der Waals surface area contributed by atoms with E-state index in [0.29, 0.717) is 12.3 Å². The van der Waals surface area contributed by atoms with E-state index in [0.717, 1.165) is 44.9 Å². The molecule has 0 rings (SSSR count). The van der Waals surface area contributed by atoms with Gasteiger partial charge in [0.25, 0.3) is 0 Å². The quantitative estimate of drug-likeness (QED) is 0.0936. The average molecular weight is 507 g/mol. The van der Waals surface area contributed by atoms with Crippen molar-refractivity contribution in [3.05, 3.63) is 0 Å². The van der Waals surface area contributed by atoms with Gasteiger partial charge in [0.1, 0.15) is 0 Å². The second-order valence-corrected chi connectivity index (χ2v) is 7.48. The fourth-order valence-electron chi connectivity index (χ4n) is 2.43. The minimum absolute atomic E-state index is 0.0626. The number of esters is 2. The summed E-state index contributed by atoms with van der Waals surface area (Å²) in [6.45, 7) is -2.49. The van der Waals surface area contributed by atoms with Gasteiger partial charge in [-0.15, -0.1) is 11.6 Å². The van der Waals surface area contributed by atoms with Gasteiger partial charge in [-0.2, -0.15) is 26.3 Å². The molecule has 0 aromatic carbocycles. The molecule has 0 heterocycles. The summed E-state index contributed by atoms with van der Waals surface area (Å²) in [4.78, 5) is 22.8. The van der Waals surface area contributed by atoms with Crippen molar-refractivity contribution in [3.63, 3.8) is 0 Å². The third-order valence-electron chi connectivity index (χ3n) is 4.39. The second kappa shape index (κ2) is 14.7. The molecule has 0 fully saturated rings. The molecule has 0 atom stereocenters. The Balaban J connectivity index is 4.06. The third kappa shape index (κ3) is 10.5. The molecule has 190 valence electrons. The fourth-order valence-corrected chi connectivity index (χ4v) is 2.62. The predicted molar refractivity (Wildman–Crippen MR) is 99.7 cm³/mol. The van der Waals surface area contributed by atoms with E-state index in [9.17, 15) is 44.7 Å². The van der Waals surface area contributed by atoms with E-state index in [1.54, 1.807) is 0 Å². The van der Waals surface area contributed by atoms with Crippen LogP contribution in [0.1, 0.15) is 64.2 Å². The number of alkyl halides is 9. The fraction of sp³-hybridized carbons (Fsp3) is 0.895. The molecule has 0 aliphatic carbocycles. The van der Waals surface area contributed by atoms with Gasteiger partial charge < -0.3 is 9.47 Å². The summed E-state index contributed by atoms with van der Waals surface area (Å²) in [5.74, 6) is -20.4. The molecule has 0 aliphatic heterocycles. The van der Waals surface area contributed by atoms with Crippen molar-refractivity contribution in [1.82, 2.24) is 0 Å². The summed E-state index contributed by atoms with van der Waals surface area (Å²) in [6.07, 6.45) is 1.04. The SMILES string of the molecule is O=C(CCC(=O)OCC(F)(F)C(F)(F)C(F)(F)C(F)F)OCCCCCCCCCCCl. The first-order valence-corrected chi connectivity index (χ1v) is 10.6. The largest absolute Gasteiger partial charge is 0.466 e. The number of halogens is 9. The standard InChI is InChI=1S/C19H27ClF8O4/c20-11-7-5-3-1-2-4-6-8-12-31-14(29)9-10-15(30)32-13-17(23,24)19(27,28)18(25,26)16(21)22/h16H,1-13H2. The molecule has 0 aliphatic rings. The second-order valence-electron chi connectivity index (χ2n) is 7.10. The van der Waals surface area contributed by atoms with Crippen molar-refractivity contribution < 1.29 is 54.2 Å². The van der Waals surface area contributed by atoms with E-state index in [-0.39, 0.29) is 6.61 Å². The van der Waals surface area contributed by atoms with Crippen LogP contribution in [0.25, 0.3) is 0 Å². The zero-order chi connectivity index (χ0) is 24.8. The highest BCUT2D eigenvalue weighted by Crippen LogP contribution is 2.48. The van der Waals surface area contributed by atoms with E-state index in [2.05, 4.69) is 4.74 Å². The van der Waals surface area contributed by atoms with Gasteiger partial charge in [-0.25, -0.2) is 8.78 Å². The van der Waals surface area contributed by atoms with Crippen LogP contribution in [-0.2, 0) is 19.1 Å². The van der Waals surface area contributed by atoms with Gasteiger partial charge in [0.15, 0.2) is 6.61 Å². The van der Waals surface area contributed by atoms with Crippen LogP contribution in [0, 0.1) is 0 Å². The summed E-state index contributed by atoms with van der Waals surface area (Å²) >= 11 is 5.57. The van der Waals surface area contributed by atoms with E-state index in [4.69, 9.17) is 16.3 Å². The molecule has 0 saturated heterocycles. The molecule has 0 aromatic heterocycles. The number of carbonyl (C=O) groups is 2. The average Bonchev–Trinajstić information content (AvgIpc) is 2.71. The first kappa shape index (κ1) is 30.7. The third-order valence-corrected chi connectivity index (χ3v) is 4.66. The Bertz CT molecular complexity index is 561. The number of ether oxygens (including phenoxy) is 2. The highest BCUT2D eigenvalue weighted by molar-refractivity contribution is 6.17. The van der Waals surface area contributed by atoms with Crippen LogP contribution in [0.3, 0.4) is 0 Å². The first-order chi connectivity index (χ1) is 14.8. The van der Waals surface area contributed by atoms with Crippen molar-refractivity contribution >= 4 is 23.5 Å². The lowest BCUT2D eigenvalue weighted by Crippen LogP contribution is -2.59. The molecular formula is C19H27ClF8O4. The highest BCUT2D eigenvalue weighted by atomic mass is 35.5. The maximum atomic E-state index is 13.3. The molecule has 0 radical (unpaired) electrons. The Morgan fingerprint density at radius 1 is 0.719 bits per heavy atom. The number of hydrogen-bond acceptors (Lipinski definition) is 4. The maximum Gasteiger partial charge on any atom is 0.381 e. The molecular weight excluding hydrogens is 480 g/mol. The van der Waals surface area contributed by atoms with Crippen LogP contribution in [0.4, 0.5) is 35.1 Å². The van der Waals surface area contributed by atoms with Gasteiger partial charge in [-0.3, -0.25) is 9.59 Å². The molecule has 0 amide bonds. The number of hydrogen-bond donors (Lipinski definition) is 0. The molecule has 0 saturated carbocycles. The molecule has 0 aromatic rings. The van der Waals surface area contributed by atoms with Crippen LogP contribution >= 0.6 is 11.6 Å². The Morgan fingerprint density at radius 2 is 1.16 bits per heavy atom. The highest BCUT2D eigenvalue weighted by Gasteiger charge is 2.75. The zero-order valence-electron chi connectivity index (χ0n) is 17.3. The summed E-state index contributed by atoms with van der Waals surface area (Å²) in [7, 11) is 0. The van der Waals surface area contributed by atoms with Crippen LogP contribution in [0.15, 0.2) is 0 Å². The van der Waals surface area contributed by atoms with Crippen LogP contribution in [0.5, 0.6) is 0 Å². The smallest absolute Gasteiger partial charge is 0.381 e. The van der Waals surface area contributed by atoms with E-state index >= 15 is 0 Å². The molecule has 0 N–H and O–H groups in total. The Morgan fingerprint density at radius 3 is 1.62 bits per heavy atom. The summed E-state index contributed by atoms with van der Waals surface area (Å²) < 4.78 is 111. The van der Waals surface area contributed by atoms with E-state index in [1.165, 1.54) is 0 Å². The number of carbonyl (C=O) groups excluding carboxylic acids is 2. The number of rotatable bonds is 18. The van der Waals surface area contributed by atoms with Gasteiger partial charge in [-0.05, 0) is 12.8 Å². The molecule has 32 heavy (non-hydrogen) atoms. The van der Waals surface area contributed by atoms with Gasteiger partial charge in [0, 0.05) is 5.88 Å². The lowest BCUT2D eigenvalue weighted by atomic mass is 10.1. The Kier molecular flexibility index (Phi) is 14.1. The van der Waals surface area contributed by atoms with Crippen LogP contribution < -0.4 is 0 Å². The summed E-state index contributed by atoms with van der Waals surface area (Å²) in [5, 5.41) is 0. The van der Waals surface area contributed by atoms with Crippen molar-refractivity contribution in [1.29, 1.82) is 0 Å². The Hall–Kier alpha value is -1.33. The summed E-state index contributed by atoms with van der Waals surface area (Å²) in [6, 6.07) is 0. The number of unbranched alkanes of at least 4 members (excludes halogenated alkanes) is 7. The molecule has 0 spiro atoms. The van der Waals surface area contributed by atoms with Gasteiger partial charge in [0.05, 0.1) is 19.4 Å². The monoisotopic (exact) mass is 506 g/mol. The minimum atomic E-state index is -6.46. The first-order valence-electron chi connectivity index (χ1n) is 10.1. The Labute approximate surface area is 185 Å². The molecule has 0 bridgehead atoms. The molecule has 4 nitrogen and oxygen atoms in total. The minimum Gasteiger partial charge on any atom is -0.466 e. The van der Waals surface area contributed by atoms with Crippen LogP contribution in [0.2, 0.25) is 0 Å². The van der Waals surface area contributed by atoms with Gasteiger partial charge in [-0.1, -0.05) is 38.5 Å². The van der Waals surface area contributed by atoms with E-state index < -0.39 is 55.6 Å². The lowest BCUT2D eigenvalue weighted by molar-refractivity contribution is -0.344. The topological polar surface area (TPSA) is 52.6 Å². The molecule has 0 unspecified atom stereocenters. The predicted octanol–water partition coefficient (Wildman–Crippen LogP) is 6.38.